The molecule has 4 nitrogen and oxygen atoms in total. The summed E-state index contributed by atoms with van der Waals surface area (Å²) in [6.45, 7) is 3.37. The minimum Gasteiger partial charge on any atom is -0.484 e. The Morgan fingerprint density at radius 3 is 2.42 bits per heavy atom. The van der Waals surface area contributed by atoms with Crippen LogP contribution in [-0.2, 0) is 17.9 Å². The second-order valence-electron chi connectivity index (χ2n) is 6.18. The van der Waals surface area contributed by atoms with Crippen LogP contribution in [0.3, 0.4) is 0 Å². The summed E-state index contributed by atoms with van der Waals surface area (Å²) >= 11 is 5.96. The fraction of sp³-hybridized carbons (Fsp3) is 0.316. The first-order valence-electron chi connectivity index (χ1n) is 7.96. The van der Waals surface area contributed by atoms with Crippen LogP contribution in [-0.4, -0.2) is 26.6 Å². The van der Waals surface area contributed by atoms with Crippen molar-refractivity contribution in [3.8, 4) is 5.75 Å². The first kappa shape index (κ1) is 18.3. The molecule has 0 aliphatic rings. The van der Waals surface area contributed by atoms with E-state index in [0.717, 1.165) is 17.7 Å². The van der Waals surface area contributed by atoms with Gasteiger partial charge in [0, 0.05) is 17.1 Å². The highest BCUT2D eigenvalue weighted by Gasteiger charge is 2.05. The van der Waals surface area contributed by atoms with Crippen molar-refractivity contribution in [2.75, 3.05) is 20.7 Å². The summed E-state index contributed by atoms with van der Waals surface area (Å²) in [4.78, 5) is 13.3. The fourth-order valence-electron chi connectivity index (χ4n) is 2.29. The van der Waals surface area contributed by atoms with Crippen LogP contribution in [0.1, 0.15) is 16.7 Å². The van der Waals surface area contributed by atoms with Crippen molar-refractivity contribution < 1.29 is 14.4 Å². The number of amides is 1. The van der Waals surface area contributed by atoms with Crippen molar-refractivity contribution >= 4 is 17.5 Å². The third kappa shape index (κ3) is 5.87. The van der Waals surface area contributed by atoms with Crippen LogP contribution in [0.15, 0.2) is 42.5 Å². The van der Waals surface area contributed by atoms with Gasteiger partial charge in [0.25, 0.3) is 5.91 Å². The SMILES string of the molecule is Cc1cc(OCC(=O)NCc2ccc(C[NH+](C)C)cc2)ccc1Cl. The average Bonchev–Trinajstić information content (AvgIpc) is 2.55. The Balaban J connectivity index is 1.77. The Labute approximate surface area is 148 Å². The van der Waals surface area contributed by atoms with Crippen LogP contribution in [0.4, 0.5) is 0 Å². The summed E-state index contributed by atoms with van der Waals surface area (Å²) in [7, 11) is 4.24. The largest absolute Gasteiger partial charge is 0.484 e. The van der Waals surface area contributed by atoms with Gasteiger partial charge in [-0.25, -0.2) is 0 Å². The molecular weight excluding hydrogens is 324 g/mol. The molecule has 0 saturated carbocycles. The molecule has 2 rings (SSSR count). The number of hydrogen-bond acceptors (Lipinski definition) is 2. The monoisotopic (exact) mass is 347 g/mol. The van der Waals surface area contributed by atoms with Crippen molar-refractivity contribution in [2.45, 2.75) is 20.0 Å². The number of nitrogens with one attached hydrogen (secondary N) is 2. The molecule has 0 atom stereocenters. The van der Waals surface area contributed by atoms with E-state index in [-0.39, 0.29) is 12.5 Å². The molecule has 128 valence electrons. The molecule has 0 radical (unpaired) electrons. The minimum absolute atomic E-state index is 0.0108. The van der Waals surface area contributed by atoms with E-state index in [1.165, 1.54) is 10.5 Å². The summed E-state index contributed by atoms with van der Waals surface area (Å²) in [6, 6.07) is 13.6. The molecule has 0 spiro atoms. The van der Waals surface area contributed by atoms with Gasteiger partial charge in [-0.3, -0.25) is 4.79 Å². The smallest absolute Gasteiger partial charge is 0.258 e. The first-order valence-corrected chi connectivity index (χ1v) is 8.34. The minimum atomic E-state index is -0.149. The standard InChI is InChI=1S/C19H23ClN2O2/c1-14-10-17(8-9-18(14)20)24-13-19(23)21-11-15-4-6-16(7-5-15)12-22(2)3/h4-10H,11-13H2,1-3H3,(H,21,23)/p+1. The van der Waals surface area contributed by atoms with Gasteiger partial charge in [-0.15, -0.1) is 0 Å². The van der Waals surface area contributed by atoms with Gasteiger partial charge in [-0.1, -0.05) is 35.9 Å². The Kier molecular flexibility index (Phi) is 6.64. The van der Waals surface area contributed by atoms with Crippen molar-refractivity contribution in [1.82, 2.24) is 5.32 Å². The summed E-state index contributed by atoms with van der Waals surface area (Å²) in [6.07, 6.45) is 0. The van der Waals surface area contributed by atoms with Gasteiger partial charge < -0.3 is 15.0 Å². The Morgan fingerprint density at radius 1 is 1.12 bits per heavy atom. The first-order chi connectivity index (χ1) is 11.4. The second-order valence-corrected chi connectivity index (χ2v) is 6.58. The number of ether oxygens (including phenoxy) is 1. The maximum atomic E-state index is 11.9. The molecule has 0 saturated heterocycles. The molecule has 0 bridgehead atoms. The number of halogens is 1. The average molecular weight is 348 g/mol. The van der Waals surface area contributed by atoms with E-state index in [1.807, 2.05) is 25.1 Å². The number of rotatable bonds is 7. The molecule has 0 fully saturated rings. The van der Waals surface area contributed by atoms with Crippen LogP contribution in [0, 0.1) is 6.92 Å². The lowest BCUT2D eigenvalue weighted by Crippen LogP contribution is -3.04. The summed E-state index contributed by atoms with van der Waals surface area (Å²) < 4.78 is 5.48. The highest BCUT2D eigenvalue weighted by molar-refractivity contribution is 6.31. The zero-order valence-electron chi connectivity index (χ0n) is 14.4. The van der Waals surface area contributed by atoms with E-state index in [2.05, 4.69) is 31.5 Å². The molecule has 5 heteroatoms. The number of aryl methyl sites for hydroxylation is 1. The van der Waals surface area contributed by atoms with Crippen molar-refractivity contribution in [3.63, 3.8) is 0 Å². The molecule has 2 aromatic carbocycles. The second kappa shape index (κ2) is 8.71. The highest BCUT2D eigenvalue weighted by atomic mass is 35.5. The van der Waals surface area contributed by atoms with E-state index in [1.54, 1.807) is 12.1 Å². The van der Waals surface area contributed by atoms with Gasteiger partial charge in [0.05, 0.1) is 14.1 Å². The van der Waals surface area contributed by atoms with Crippen molar-refractivity contribution in [1.29, 1.82) is 0 Å². The maximum absolute atomic E-state index is 11.9. The number of carbonyl (C=O) groups excluding carboxylic acids is 1. The molecule has 0 aromatic heterocycles. The quantitative estimate of drug-likeness (QED) is 0.804. The van der Waals surface area contributed by atoms with E-state index >= 15 is 0 Å². The van der Waals surface area contributed by atoms with E-state index in [0.29, 0.717) is 17.3 Å². The number of hydrogen-bond donors (Lipinski definition) is 2. The third-order valence-corrected chi connectivity index (χ3v) is 3.99. The third-order valence-electron chi connectivity index (χ3n) is 3.57. The molecule has 0 aliphatic heterocycles. The lowest BCUT2D eigenvalue weighted by Gasteiger charge is -2.10. The maximum Gasteiger partial charge on any atom is 0.258 e. The molecule has 2 aromatic rings. The molecule has 24 heavy (non-hydrogen) atoms. The normalized spacial score (nSPS) is 10.7. The van der Waals surface area contributed by atoms with Crippen LogP contribution < -0.4 is 15.0 Å². The highest BCUT2D eigenvalue weighted by Crippen LogP contribution is 2.20. The van der Waals surface area contributed by atoms with Crippen molar-refractivity contribution in [2.24, 2.45) is 0 Å². The summed E-state index contributed by atoms with van der Waals surface area (Å²) in [5.74, 6) is 0.493. The zero-order chi connectivity index (χ0) is 17.5. The van der Waals surface area contributed by atoms with Gasteiger partial charge >= 0.3 is 0 Å². The number of carbonyl (C=O) groups is 1. The molecule has 0 heterocycles. The number of quaternary nitrogens is 1. The van der Waals surface area contributed by atoms with Gasteiger partial charge in [-0.2, -0.15) is 0 Å². The van der Waals surface area contributed by atoms with Gasteiger partial charge in [-0.05, 0) is 36.2 Å². The Morgan fingerprint density at radius 2 is 1.79 bits per heavy atom. The molecule has 2 N–H and O–H groups in total. The van der Waals surface area contributed by atoms with Crippen LogP contribution in [0.25, 0.3) is 0 Å². The topological polar surface area (TPSA) is 42.8 Å². The van der Waals surface area contributed by atoms with Gasteiger partial charge in [0.1, 0.15) is 12.3 Å². The summed E-state index contributed by atoms with van der Waals surface area (Å²) in [5.41, 5.74) is 3.28. The van der Waals surface area contributed by atoms with Crippen molar-refractivity contribution in [3.05, 3.63) is 64.2 Å². The Hall–Kier alpha value is -2.04. The predicted octanol–water partition coefficient (Wildman–Crippen LogP) is 1.99. The van der Waals surface area contributed by atoms with Crippen LogP contribution in [0.2, 0.25) is 5.02 Å². The van der Waals surface area contributed by atoms with Crippen LogP contribution in [0.5, 0.6) is 5.75 Å². The van der Waals surface area contributed by atoms with E-state index in [9.17, 15) is 4.79 Å². The summed E-state index contributed by atoms with van der Waals surface area (Å²) in [5, 5.41) is 3.55. The molecule has 1 amide bonds. The van der Waals surface area contributed by atoms with Gasteiger partial charge in [0.15, 0.2) is 6.61 Å². The fourth-order valence-corrected chi connectivity index (χ4v) is 2.41. The van der Waals surface area contributed by atoms with E-state index in [4.69, 9.17) is 16.3 Å². The number of benzene rings is 2. The molecule has 0 unspecified atom stereocenters. The lowest BCUT2D eigenvalue weighted by atomic mass is 10.1. The molecule has 0 aliphatic carbocycles. The Bertz CT molecular complexity index is 684. The predicted molar refractivity (Wildman–Crippen MR) is 96.5 cm³/mol. The van der Waals surface area contributed by atoms with E-state index < -0.39 is 0 Å². The van der Waals surface area contributed by atoms with Crippen LogP contribution >= 0.6 is 11.6 Å². The zero-order valence-corrected chi connectivity index (χ0v) is 15.1. The molecular formula is C19H24ClN2O2+. The van der Waals surface area contributed by atoms with Gasteiger partial charge in [0.2, 0.25) is 0 Å². The lowest BCUT2D eigenvalue weighted by molar-refractivity contribution is -0.872.